The molecule has 0 radical (unpaired) electrons. The molecule has 3 heterocycles. The van der Waals surface area contributed by atoms with Gasteiger partial charge in [-0.2, -0.15) is 5.10 Å². The molecule has 3 aromatic heterocycles. The van der Waals surface area contributed by atoms with Crippen molar-refractivity contribution in [2.45, 2.75) is 33.1 Å². The Morgan fingerprint density at radius 1 is 1.35 bits per heavy atom. The van der Waals surface area contributed by atoms with Crippen molar-refractivity contribution in [2.75, 3.05) is 0 Å². The van der Waals surface area contributed by atoms with Crippen molar-refractivity contribution in [3.05, 3.63) is 58.6 Å². The Hall–Kier alpha value is -2.66. The number of aliphatic carboxylic acids is 1. The van der Waals surface area contributed by atoms with Crippen molar-refractivity contribution >= 4 is 29.2 Å². The molecule has 0 saturated carbocycles. The molecule has 0 saturated heterocycles. The van der Waals surface area contributed by atoms with Gasteiger partial charge in [0.15, 0.2) is 0 Å². The lowest BCUT2D eigenvalue weighted by Crippen LogP contribution is -2.03. The normalized spacial score (nSPS) is 11.5. The predicted molar refractivity (Wildman–Crippen MR) is 103 cm³/mol. The number of carboxylic acids is 1. The number of hydrogen-bond donors (Lipinski definition) is 1. The van der Waals surface area contributed by atoms with Gasteiger partial charge in [-0.25, -0.2) is 9.50 Å². The van der Waals surface area contributed by atoms with Gasteiger partial charge in [0.1, 0.15) is 5.15 Å². The first kappa shape index (κ1) is 18.1. The highest BCUT2D eigenvalue weighted by atomic mass is 35.5. The van der Waals surface area contributed by atoms with E-state index >= 15 is 0 Å². The van der Waals surface area contributed by atoms with Crippen LogP contribution in [0.4, 0.5) is 0 Å². The van der Waals surface area contributed by atoms with Crippen molar-refractivity contribution in [1.29, 1.82) is 0 Å². The summed E-state index contributed by atoms with van der Waals surface area (Å²) >= 11 is 6.12. The van der Waals surface area contributed by atoms with Crippen LogP contribution in [0.2, 0.25) is 5.15 Å². The Bertz CT molecular complexity index is 992. The van der Waals surface area contributed by atoms with Crippen molar-refractivity contribution in [3.8, 4) is 11.1 Å². The molecule has 0 aliphatic rings. The Balaban J connectivity index is 2.20. The second-order valence-electron chi connectivity index (χ2n) is 6.05. The lowest BCUT2D eigenvalue weighted by atomic mass is 9.99. The van der Waals surface area contributed by atoms with Gasteiger partial charge >= 0.3 is 5.97 Å². The summed E-state index contributed by atoms with van der Waals surface area (Å²) in [6, 6.07) is 7.90. The van der Waals surface area contributed by atoms with E-state index in [-0.39, 0.29) is 6.42 Å². The summed E-state index contributed by atoms with van der Waals surface area (Å²) < 4.78 is 1.97. The lowest BCUT2D eigenvalue weighted by Gasteiger charge is -2.13. The molecule has 0 bridgehead atoms. The van der Waals surface area contributed by atoms with E-state index in [9.17, 15) is 4.79 Å². The molecule has 0 unspecified atom stereocenters. The van der Waals surface area contributed by atoms with E-state index in [1.807, 2.05) is 35.7 Å². The highest BCUT2D eigenvalue weighted by Gasteiger charge is 2.15. The maximum absolute atomic E-state index is 10.7. The molecule has 134 valence electrons. The fourth-order valence-electron chi connectivity index (χ4n) is 3.04. The minimum atomic E-state index is -0.805. The number of pyridine rings is 1. The zero-order valence-electron chi connectivity index (χ0n) is 14.7. The second-order valence-corrected chi connectivity index (χ2v) is 6.44. The molecule has 5 nitrogen and oxygen atoms in total. The average molecular weight is 370 g/mol. The third-order valence-corrected chi connectivity index (χ3v) is 4.49. The van der Waals surface area contributed by atoms with Crippen molar-refractivity contribution < 1.29 is 9.90 Å². The monoisotopic (exact) mass is 369 g/mol. The van der Waals surface area contributed by atoms with Gasteiger partial charge in [0.25, 0.3) is 0 Å². The van der Waals surface area contributed by atoms with E-state index in [1.165, 1.54) is 0 Å². The quantitative estimate of drug-likeness (QED) is 0.634. The number of hydrogen-bond acceptors (Lipinski definition) is 3. The Morgan fingerprint density at radius 2 is 2.15 bits per heavy atom. The van der Waals surface area contributed by atoms with Crippen LogP contribution < -0.4 is 0 Å². The van der Waals surface area contributed by atoms with Gasteiger partial charge in [-0.1, -0.05) is 30.7 Å². The molecular weight excluding hydrogens is 350 g/mol. The van der Waals surface area contributed by atoms with E-state index in [1.54, 1.807) is 6.20 Å². The van der Waals surface area contributed by atoms with Gasteiger partial charge in [-0.05, 0) is 49.6 Å². The van der Waals surface area contributed by atoms with Crippen LogP contribution in [0.25, 0.3) is 22.7 Å². The maximum Gasteiger partial charge on any atom is 0.303 e. The number of carbonyl (C=O) groups is 1. The SMILES string of the molecule is CCc1ccc2c(-c3ccnc(Cl)c3)c(C=CCCC(=O)O)c(C)nn12. The lowest BCUT2D eigenvalue weighted by molar-refractivity contribution is -0.136. The Labute approximate surface area is 157 Å². The summed E-state index contributed by atoms with van der Waals surface area (Å²) in [6.45, 7) is 4.06. The number of fused-ring (bicyclic) bond motifs is 1. The second kappa shape index (κ2) is 7.70. The van der Waals surface area contributed by atoms with Crippen LogP contribution in [0.1, 0.15) is 36.7 Å². The number of nitrogens with zero attached hydrogens (tertiary/aromatic N) is 3. The highest BCUT2D eigenvalue weighted by molar-refractivity contribution is 6.29. The average Bonchev–Trinajstić information content (AvgIpc) is 3.00. The molecule has 3 rings (SSSR count). The van der Waals surface area contributed by atoms with Crippen molar-refractivity contribution in [1.82, 2.24) is 14.6 Å². The van der Waals surface area contributed by atoms with Crippen LogP contribution in [0.5, 0.6) is 0 Å². The number of aryl methyl sites for hydroxylation is 2. The third kappa shape index (κ3) is 3.63. The summed E-state index contributed by atoms with van der Waals surface area (Å²) in [5.41, 5.74) is 5.94. The fraction of sp³-hybridized carbons (Fsp3) is 0.250. The maximum atomic E-state index is 10.7. The van der Waals surface area contributed by atoms with E-state index in [0.29, 0.717) is 11.6 Å². The van der Waals surface area contributed by atoms with Crippen LogP contribution in [0.3, 0.4) is 0 Å². The van der Waals surface area contributed by atoms with E-state index in [0.717, 1.165) is 40.0 Å². The van der Waals surface area contributed by atoms with E-state index < -0.39 is 5.97 Å². The molecule has 0 aromatic carbocycles. The number of carboxylic acid groups (broad SMARTS) is 1. The van der Waals surface area contributed by atoms with Gasteiger partial charge in [-0.15, -0.1) is 0 Å². The topological polar surface area (TPSA) is 67.5 Å². The van der Waals surface area contributed by atoms with Gasteiger partial charge in [-0.3, -0.25) is 4.79 Å². The van der Waals surface area contributed by atoms with Crippen molar-refractivity contribution in [3.63, 3.8) is 0 Å². The zero-order valence-corrected chi connectivity index (χ0v) is 15.5. The number of rotatable bonds is 6. The molecular formula is C20H20ClN3O2. The molecule has 0 spiro atoms. The van der Waals surface area contributed by atoms with Gasteiger partial charge in [0, 0.05) is 29.4 Å². The molecule has 0 aliphatic carbocycles. The largest absolute Gasteiger partial charge is 0.481 e. The minimum absolute atomic E-state index is 0.104. The Morgan fingerprint density at radius 3 is 2.85 bits per heavy atom. The van der Waals surface area contributed by atoms with E-state index in [2.05, 4.69) is 24.0 Å². The first-order valence-corrected chi connectivity index (χ1v) is 8.90. The van der Waals surface area contributed by atoms with Gasteiger partial charge < -0.3 is 5.11 Å². The van der Waals surface area contributed by atoms with Crippen LogP contribution >= 0.6 is 11.6 Å². The molecule has 1 N–H and O–H groups in total. The molecule has 0 atom stereocenters. The van der Waals surface area contributed by atoms with Crippen LogP contribution in [-0.2, 0) is 11.2 Å². The highest BCUT2D eigenvalue weighted by Crippen LogP contribution is 2.33. The molecule has 0 fully saturated rings. The third-order valence-electron chi connectivity index (χ3n) is 4.29. The molecule has 6 heteroatoms. The number of halogens is 1. The first-order valence-electron chi connectivity index (χ1n) is 8.52. The molecule has 3 aromatic rings. The predicted octanol–water partition coefficient (Wildman–Crippen LogP) is 4.80. The summed E-state index contributed by atoms with van der Waals surface area (Å²) in [5, 5.41) is 14.0. The van der Waals surface area contributed by atoms with Gasteiger partial charge in [0.05, 0.1) is 11.2 Å². The van der Waals surface area contributed by atoms with Crippen LogP contribution in [0.15, 0.2) is 36.5 Å². The standard InChI is InChI=1S/C20H20ClN3O2/c1-3-15-8-9-17-20(14-10-11-22-18(21)12-14)16(13(2)23-24(15)17)6-4-5-7-19(25)26/h4,6,8-12H,3,5,7H2,1-2H3,(H,25,26). The number of allylic oxidation sites excluding steroid dienone is 1. The van der Waals surface area contributed by atoms with Crippen LogP contribution in [-0.4, -0.2) is 25.7 Å². The summed E-state index contributed by atoms with van der Waals surface area (Å²) in [5.74, 6) is -0.805. The smallest absolute Gasteiger partial charge is 0.303 e. The minimum Gasteiger partial charge on any atom is -0.481 e. The fourth-order valence-corrected chi connectivity index (χ4v) is 3.22. The number of aromatic nitrogens is 3. The van der Waals surface area contributed by atoms with Crippen molar-refractivity contribution in [2.24, 2.45) is 0 Å². The zero-order chi connectivity index (χ0) is 18.7. The molecule has 0 amide bonds. The Kier molecular flexibility index (Phi) is 5.38. The summed E-state index contributed by atoms with van der Waals surface area (Å²) in [4.78, 5) is 14.8. The summed E-state index contributed by atoms with van der Waals surface area (Å²) in [7, 11) is 0. The van der Waals surface area contributed by atoms with Crippen LogP contribution in [0, 0.1) is 6.92 Å². The summed E-state index contributed by atoms with van der Waals surface area (Å²) in [6.07, 6.45) is 6.97. The molecule has 0 aliphatic heterocycles. The molecule has 26 heavy (non-hydrogen) atoms. The van der Waals surface area contributed by atoms with Gasteiger partial charge in [0.2, 0.25) is 0 Å². The van der Waals surface area contributed by atoms with E-state index in [4.69, 9.17) is 21.8 Å². The first-order chi connectivity index (χ1) is 12.5.